The molecule has 1 aliphatic heterocycles. The van der Waals surface area contributed by atoms with E-state index in [1.54, 1.807) is 0 Å². The van der Waals surface area contributed by atoms with Gasteiger partial charge >= 0.3 is 12.2 Å². The maximum Gasteiger partial charge on any atom is 0.433 e. The minimum absolute atomic E-state index is 0.0359. The van der Waals surface area contributed by atoms with E-state index >= 15 is 0 Å². The summed E-state index contributed by atoms with van der Waals surface area (Å²) in [6.45, 7) is 3.62. The number of anilines is 1. The number of pyridine rings is 1. The van der Waals surface area contributed by atoms with Gasteiger partial charge < -0.3 is 9.64 Å². The summed E-state index contributed by atoms with van der Waals surface area (Å²) in [6, 6.07) is 4.66. The fourth-order valence-electron chi connectivity index (χ4n) is 3.43. The molecule has 3 rings (SSSR count). The molecule has 2 amide bonds. The van der Waals surface area contributed by atoms with Crippen molar-refractivity contribution in [1.29, 1.82) is 0 Å². The summed E-state index contributed by atoms with van der Waals surface area (Å²) < 4.78 is 57.0. The highest BCUT2D eigenvalue weighted by Crippen LogP contribution is 2.31. The van der Waals surface area contributed by atoms with Gasteiger partial charge in [0, 0.05) is 18.2 Å². The van der Waals surface area contributed by atoms with Crippen LogP contribution in [0.1, 0.15) is 29.9 Å². The summed E-state index contributed by atoms with van der Waals surface area (Å²) in [7, 11) is 1.35. The Morgan fingerprint density at radius 2 is 1.97 bits per heavy atom. The lowest BCUT2D eigenvalue weighted by molar-refractivity contribution is -0.141. The molecule has 0 aliphatic carbocycles. The van der Waals surface area contributed by atoms with Crippen LogP contribution in [0.4, 0.5) is 28.0 Å². The second-order valence-electron chi connectivity index (χ2n) is 7.53. The normalized spacial score (nSPS) is 16.9. The minimum atomic E-state index is -4.58. The number of amides is 2. The second kappa shape index (κ2) is 8.52. The van der Waals surface area contributed by atoms with Gasteiger partial charge in [0.25, 0.3) is 0 Å². The first-order valence-corrected chi connectivity index (χ1v) is 9.50. The molecule has 2 heterocycles. The van der Waals surface area contributed by atoms with Crippen molar-refractivity contribution in [3.8, 4) is 5.75 Å². The molecule has 31 heavy (non-hydrogen) atoms. The summed E-state index contributed by atoms with van der Waals surface area (Å²) in [5.74, 6) is -0.988. The Kier molecular flexibility index (Phi) is 6.19. The number of urea groups is 1. The predicted octanol–water partition coefficient (Wildman–Crippen LogP) is 4.40. The highest BCUT2D eigenvalue weighted by Gasteiger charge is 2.41. The quantitative estimate of drug-likeness (QED) is 0.495. The van der Waals surface area contributed by atoms with E-state index in [1.807, 2.05) is 13.8 Å². The third kappa shape index (κ3) is 4.78. The Morgan fingerprint density at radius 3 is 2.52 bits per heavy atom. The molecule has 1 fully saturated rings. The van der Waals surface area contributed by atoms with Gasteiger partial charge in [0.2, 0.25) is 0 Å². The number of benzene rings is 1. The van der Waals surface area contributed by atoms with Crippen LogP contribution in [0.5, 0.6) is 5.75 Å². The summed E-state index contributed by atoms with van der Waals surface area (Å²) in [6.07, 6.45) is -3.60. The number of aromatic nitrogens is 1. The van der Waals surface area contributed by atoms with Crippen molar-refractivity contribution >= 4 is 17.5 Å². The van der Waals surface area contributed by atoms with Gasteiger partial charge in [-0.2, -0.15) is 13.2 Å². The Labute approximate surface area is 176 Å². The van der Waals surface area contributed by atoms with Crippen LogP contribution in [-0.4, -0.2) is 47.9 Å². The zero-order valence-electron chi connectivity index (χ0n) is 17.1. The summed E-state index contributed by atoms with van der Waals surface area (Å²) in [5, 5.41) is 0. The van der Waals surface area contributed by atoms with Gasteiger partial charge in [-0.15, -0.1) is 0 Å². The molecule has 0 unspecified atom stereocenters. The van der Waals surface area contributed by atoms with E-state index in [0.29, 0.717) is 0 Å². The number of carbonyl (C=O) groups excluding carboxylic acids is 2. The first-order chi connectivity index (χ1) is 14.5. The first-order valence-electron chi connectivity index (χ1n) is 9.50. The van der Waals surface area contributed by atoms with Gasteiger partial charge in [0.1, 0.15) is 17.3 Å². The Balaban J connectivity index is 1.84. The highest BCUT2D eigenvalue weighted by molar-refractivity contribution is 6.02. The van der Waals surface area contributed by atoms with Crippen LogP contribution in [0.2, 0.25) is 0 Å². The van der Waals surface area contributed by atoms with Gasteiger partial charge in [-0.25, -0.2) is 14.2 Å². The van der Waals surface area contributed by atoms with Crippen LogP contribution in [0.15, 0.2) is 36.5 Å². The fraction of sp³-hybridized carbons (Fsp3) is 0.381. The van der Waals surface area contributed by atoms with Crippen LogP contribution in [0.25, 0.3) is 0 Å². The van der Waals surface area contributed by atoms with Crippen molar-refractivity contribution in [3.05, 3.63) is 53.6 Å². The molecule has 2 aromatic rings. The molecule has 0 N–H and O–H groups in total. The largest absolute Gasteiger partial charge is 0.497 e. The van der Waals surface area contributed by atoms with Crippen LogP contribution in [-0.2, 0) is 6.18 Å². The summed E-state index contributed by atoms with van der Waals surface area (Å²) in [4.78, 5) is 31.8. The topological polar surface area (TPSA) is 62.7 Å². The maximum absolute atomic E-state index is 13.8. The number of halogens is 4. The molecule has 1 atom stereocenters. The second-order valence-corrected chi connectivity index (χ2v) is 7.53. The summed E-state index contributed by atoms with van der Waals surface area (Å²) >= 11 is 0. The Bertz CT molecular complexity index is 977. The molecule has 6 nitrogen and oxygen atoms in total. The lowest BCUT2D eigenvalue weighted by Crippen LogP contribution is -2.41. The molecule has 10 heteroatoms. The Morgan fingerprint density at radius 1 is 1.26 bits per heavy atom. The van der Waals surface area contributed by atoms with Crippen molar-refractivity contribution in [1.82, 2.24) is 9.88 Å². The van der Waals surface area contributed by atoms with Crippen LogP contribution >= 0.6 is 0 Å². The number of ketones is 1. The zero-order chi connectivity index (χ0) is 22.9. The van der Waals surface area contributed by atoms with E-state index in [9.17, 15) is 27.2 Å². The molecule has 0 radical (unpaired) electrons. The van der Waals surface area contributed by atoms with Crippen LogP contribution in [0.3, 0.4) is 0 Å². The van der Waals surface area contributed by atoms with Crippen molar-refractivity contribution in [2.24, 2.45) is 5.92 Å². The molecule has 166 valence electrons. The smallest absolute Gasteiger partial charge is 0.433 e. The number of Topliss-reactive ketones (excluding diaryl/α,β-unsaturated/α-hetero) is 1. The van der Waals surface area contributed by atoms with E-state index in [4.69, 9.17) is 4.74 Å². The molecule has 0 spiro atoms. The number of alkyl halides is 3. The van der Waals surface area contributed by atoms with E-state index in [1.165, 1.54) is 29.0 Å². The molecule has 1 aromatic heterocycles. The van der Waals surface area contributed by atoms with Gasteiger partial charge in [-0.05, 0) is 30.2 Å². The monoisotopic (exact) mass is 439 g/mol. The average Bonchev–Trinajstić information content (AvgIpc) is 3.03. The lowest BCUT2D eigenvalue weighted by Gasteiger charge is -2.25. The molecule has 0 bridgehead atoms. The molecule has 1 saturated heterocycles. The number of hydrogen-bond donors (Lipinski definition) is 0. The molecule has 1 aromatic carbocycles. The zero-order valence-corrected chi connectivity index (χ0v) is 17.1. The standard InChI is InChI=1S/C21H21F4N3O3/c1-12(2)17-10-27(15-4-5-19(26-9-15)21(23,24)25)20(30)28(17)11-18(29)13-6-14(22)8-16(7-13)31-3/h4-9,12,17H,10-11H2,1-3H3/t17-/m1/s1. The van der Waals surface area contributed by atoms with Gasteiger partial charge in [0.15, 0.2) is 5.78 Å². The number of rotatable bonds is 6. The SMILES string of the molecule is COc1cc(F)cc(C(=O)CN2C(=O)N(c3ccc(C(F)(F)F)nc3)C[C@@H]2C(C)C)c1. The molecular formula is C21H21F4N3O3. The first kappa shape index (κ1) is 22.5. The number of hydrogen-bond acceptors (Lipinski definition) is 4. The fourth-order valence-corrected chi connectivity index (χ4v) is 3.43. The predicted molar refractivity (Wildman–Crippen MR) is 105 cm³/mol. The van der Waals surface area contributed by atoms with Gasteiger partial charge in [0.05, 0.1) is 31.6 Å². The van der Waals surface area contributed by atoms with E-state index in [-0.39, 0.29) is 42.0 Å². The molecule has 0 saturated carbocycles. The summed E-state index contributed by atoms with van der Waals surface area (Å²) in [5.41, 5.74) is -0.803. The Hall–Kier alpha value is -3.17. The number of nitrogens with zero attached hydrogens (tertiary/aromatic N) is 3. The van der Waals surface area contributed by atoms with Gasteiger partial charge in [-0.3, -0.25) is 9.69 Å². The number of methoxy groups -OCH3 is 1. The number of carbonyl (C=O) groups is 2. The van der Waals surface area contributed by atoms with E-state index < -0.39 is 29.5 Å². The highest BCUT2D eigenvalue weighted by atomic mass is 19.4. The van der Waals surface area contributed by atoms with Crippen LogP contribution < -0.4 is 9.64 Å². The third-order valence-corrected chi connectivity index (χ3v) is 5.11. The minimum Gasteiger partial charge on any atom is -0.497 e. The van der Waals surface area contributed by atoms with E-state index in [0.717, 1.165) is 24.4 Å². The van der Waals surface area contributed by atoms with Gasteiger partial charge in [-0.1, -0.05) is 13.8 Å². The van der Waals surface area contributed by atoms with Crippen molar-refractivity contribution in [2.75, 3.05) is 25.1 Å². The maximum atomic E-state index is 13.8. The molecular weight excluding hydrogens is 418 g/mol. The third-order valence-electron chi connectivity index (χ3n) is 5.11. The van der Waals surface area contributed by atoms with Crippen molar-refractivity contribution in [2.45, 2.75) is 26.1 Å². The van der Waals surface area contributed by atoms with Crippen molar-refractivity contribution < 1.29 is 31.9 Å². The van der Waals surface area contributed by atoms with Crippen LogP contribution in [0, 0.1) is 11.7 Å². The van der Waals surface area contributed by atoms with E-state index in [2.05, 4.69) is 4.98 Å². The lowest BCUT2D eigenvalue weighted by atomic mass is 10.0. The van der Waals surface area contributed by atoms with Crippen molar-refractivity contribution in [3.63, 3.8) is 0 Å². The average molecular weight is 439 g/mol. The molecule has 1 aliphatic rings. The number of ether oxygens (including phenoxy) is 1.